The molecule has 0 radical (unpaired) electrons. The van der Waals surface area contributed by atoms with Gasteiger partial charge in [0.05, 0.1) is 11.9 Å². The highest BCUT2D eigenvalue weighted by Crippen LogP contribution is 2.16. The standard InChI is InChI=1S/C17H16FN5O/c1-22(2)14-9-5-13(6-10-14)19-17(24)16-11-23(21-20-16)15-7-3-12(18)4-8-15/h3-11H,1-2H3,(H,19,24). The van der Waals surface area contributed by atoms with E-state index in [1.54, 1.807) is 12.1 Å². The number of amides is 1. The van der Waals surface area contributed by atoms with E-state index in [1.165, 1.54) is 23.0 Å². The third-order valence-corrected chi connectivity index (χ3v) is 3.46. The number of rotatable bonds is 4. The lowest BCUT2D eigenvalue weighted by atomic mass is 10.2. The van der Waals surface area contributed by atoms with Gasteiger partial charge in [0, 0.05) is 25.5 Å². The van der Waals surface area contributed by atoms with Gasteiger partial charge >= 0.3 is 0 Å². The Kier molecular flexibility index (Phi) is 4.24. The van der Waals surface area contributed by atoms with Crippen LogP contribution in [0.2, 0.25) is 0 Å². The fraction of sp³-hybridized carbons (Fsp3) is 0.118. The van der Waals surface area contributed by atoms with Crippen molar-refractivity contribution in [3.05, 3.63) is 66.2 Å². The van der Waals surface area contributed by atoms with E-state index >= 15 is 0 Å². The summed E-state index contributed by atoms with van der Waals surface area (Å²) in [7, 11) is 3.89. The number of hydrogen-bond acceptors (Lipinski definition) is 4. The van der Waals surface area contributed by atoms with Crippen LogP contribution in [0.5, 0.6) is 0 Å². The van der Waals surface area contributed by atoms with E-state index in [0.717, 1.165) is 5.69 Å². The first-order valence-corrected chi connectivity index (χ1v) is 7.30. The average molecular weight is 325 g/mol. The second kappa shape index (κ2) is 6.49. The Balaban J connectivity index is 1.72. The molecular formula is C17H16FN5O. The maximum atomic E-state index is 12.9. The lowest BCUT2D eigenvalue weighted by Crippen LogP contribution is -2.13. The van der Waals surface area contributed by atoms with Crippen LogP contribution < -0.4 is 10.2 Å². The van der Waals surface area contributed by atoms with Crippen molar-refractivity contribution in [2.75, 3.05) is 24.3 Å². The van der Waals surface area contributed by atoms with E-state index in [1.807, 2.05) is 43.3 Å². The fourth-order valence-corrected chi connectivity index (χ4v) is 2.13. The molecule has 0 fully saturated rings. The number of carbonyl (C=O) groups excluding carboxylic acids is 1. The van der Waals surface area contributed by atoms with Crippen LogP contribution in [0.4, 0.5) is 15.8 Å². The van der Waals surface area contributed by atoms with Crippen molar-refractivity contribution in [1.29, 1.82) is 0 Å². The maximum absolute atomic E-state index is 12.9. The van der Waals surface area contributed by atoms with Crippen LogP contribution in [-0.4, -0.2) is 35.0 Å². The van der Waals surface area contributed by atoms with Crippen molar-refractivity contribution < 1.29 is 9.18 Å². The third-order valence-electron chi connectivity index (χ3n) is 3.46. The van der Waals surface area contributed by atoms with Crippen molar-refractivity contribution in [2.24, 2.45) is 0 Å². The van der Waals surface area contributed by atoms with Crippen LogP contribution in [0.15, 0.2) is 54.7 Å². The molecule has 1 amide bonds. The van der Waals surface area contributed by atoms with Gasteiger partial charge < -0.3 is 10.2 Å². The molecule has 3 rings (SSSR count). The molecule has 1 heterocycles. The molecule has 0 bridgehead atoms. The molecule has 7 heteroatoms. The molecule has 0 aliphatic rings. The van der Waals surface area contributed by atoms with Gasteiger partial charge in [-0.1, -0.05) is 5.21 Å². The minimum Gasteiger partial charge on any atom is -0.378 e. The summed E-state index contributed by atoms with van der Waals surface area (Å²) in [6.45, 7) is 0. The molecule has 0 unspecified atom stereocenters. The number of carbonyl (C=O) groups is 1. The molecule has 0 aliphatic carbocycles. The van der Waals surface area contributed by atoms with Gasteiger partial charge in [-0.25, -0.2) is 9.07 Å². The number of halogens is 1. The molecule has 1 N–H and O–H groups in total. The molecular weight excluding hydrogens is 309 g/mol. The summed E-state index contributed by atoms with van der Waals surface area (Å²) in [6, 6.07) is 13.2. The second-order valence-corrected chi connectivity index (χ2v) is 5.42. The first-order valence-electron chi connectivity index (χ1n) is 7.30. The third kappa shape index (κ3) is 3.40. The number of aromatic nitrogens is 3. The van der Waals surface area contributed by atoms with Crippen molar-refractivity contribution >= 4 is 17.3 Å². The Morgan fingerprint density at radius 3 is 2.38 bits per heavy atom. The molecule has 0 aliphatic heterocycles. The molecule has 2 aromatic carbocycles. The largest absolute Gasteiger partial charge is 0.378 e. The summed E-state index contributed by atoms with van der Waals surface area (Å²) in [5.41, 5.74) is 2.51. The lowest BCUT2D eigenvalue weighted by Gasteiger charge is -2.12. The Morgan fingerprint density at radius 2 is 1.75 bits per heavy atom. The van der Waals surface area contributed by atoms with E-state index < -0.39 is 0 Å². The van der Waals surface area contributed by atoms with Crippen LogP contribution >= 0.6 is 0 Å². The number of benzene rings is 2. The van der Waals surface area contributed by atoms with Crippen LogP contribution in [0, 0.1) is 5.82 Å². The normalized spacial score (nSPS) is 10.5. The zero-order valence-electron chi connectivity index (χ0n) is 13.3. The molecule has 0 saturated heterocycles. The van der Waals surface area contributed by atoms with Crippen LogP contribution in [0.3, 0.4) is 0 Å². The Bertz CT molecular complexity index is 840. The zero-order chi connectivity index (χ0) is 17.1. The molecule has 0 saturated carbocycles. The van der Waals surface area contributed by atoms with Gasteiger partial charge in [0.2, 0.25) is 0 Å². The van der Waals surface area contributed by atoms with E-state index in [0.29, 0.717) is 11.4 Å². The zero-order valence-corrected chi connectivity index (χ0v) is 13.3. The minimum atomic E-state index is -0.360. The fourth-order valence-electron chi connectivity index (χ4n) is 2.13. The van der Waals surface area contributed by atoms with Crippen molar-refractivity contribution in [3.63, 3.8) is 0 Å². The van der Waals surface area contributed by atoms with Gasteiger partial charge in [-0.2, -0.15) is 0 Å². The van der Waals surface area contributed by atoms with E-state index in [9.17, 15) is 9.18 Å². The number of nitrogens with zero attached hydrogens (tertiary/aromatic N) is 4. The molecule has 1 aromatic heterocycles. The maximum Gasteiger partial charge on any atom is 0.277 e. The lowest BCUT2D eigenvalue weighted by molar-refractivity contribution is 0.102. The summed E-state index contributed by atoms with van der Waals surface area (Å²) >= 11 is 0. The monoisotopic (exact) mass is 325 g/mol. The van der Waals surface area contributed by atoms with E-state index in [2.05, 4.69) is 15.6 Å². The highest BCUT2D eigenvalue weighted by Gasteiger charge is 2.12. The smallest absolute Gasteiger partial charge is 0.277 e. The van der Waals surface area contributed by atoms with Crippen molar-refractivity contribution in [2.45, 2.75) is 0 Å². The Labute approximate surface area is 138 Å². The summed E-state index contributed by atoms with van der Waals surface area (Å²) in [5, 5.41) is 10.5. The van der Waals surface area contributed by atoms with E-state index in [-0.39, 0.29) is 17.4 Å². The predicted octanol–water partition coefficient (Wildman–Crippen LogP) is 2.72. The minimum absolute atomic E-state index is 0.177. The number of hydrogen-bond donors (Lipinski definition) is 1. The summed E-state index contributed by atoms with van der Waals surface area (Å²) in [4.78, 5) is 14.2. The highest BCUT2D eigenvalue weighted by atomic mass is 19.1. The summed E-state index contributed by atoms with van der Waals surface area (Å²) < 4.78 is 14.4. The molecule has 0 atom stereocenters. The number of nitrogens with one attached hydrogen (secondary N) is 1. The first-order chi connectivity index (χ1) is 11.5. The molecule has 6 nitrogen and oxygen atoms in total. The van der Waals surface area contributed by atoms with Crippen LogP contribution in [-0.2, 0) is 0 Å². The van der Waals surface area contributed by atoms with Crippen LogP contribution in [0.1, 0.15) is 10.5 Å². The van der Waals surface area contributed by atoms with Gasteiger partial charge in [0.1, 0.15) is 5.82 Å². The first kappa shape index (κ1) is 15.7. The van der Waals surface area contributed by atoms with E-state index in [4.69, 9.17) is 0 Å². The Morgan fingerprint density at radius 1 is 1.08 bits per heavy atom. The van der Waals surface area contributed by atoms with Gasteiger partial charge in [0.15, 0.2) is 5.69 Å². The van der Waals surface area contributed by atoms with Crippen molar-refractivity contribution in [1.82, 2.24) is 15.0 Å². The van der Waals surface area contributed by atoms with Crippen LogP contribution in [0.25, 0.3) is 5.69 Å². The topological polar surface area (TPSA) is 63.1 Å². The molecule has 3 aromatic rings. The second-order valence-electron chi connectivity index (χ2n) is 5.42. The van der Waals surface area contributed by atoms with Gasteiger partial charge in [-0.05, 0) is 48.5 Å². The molecule has 24 heavy (non-hydrogen) atoms. The summed E-state index contributed by atoms with van der Waals surface area (Å²) in [5.74, 6) is -0.695. The highest BCUT2D eigenvalue weighted by molar-refractivity contribution is 6.02. The SMILES string of the molecule is CN(C)c1ccc(NC(=O)c2cn(-c3ccc(F)cc3)nn2)cc1. The number of anilines is 2. The van der Waals surface area contributed by atoms with Gasteiger partial charge in [-0.3, -0.25) is 4.79 Å². The summed E-state index contributed by atoms with van der Waals surface area (Å²) in [6.07, 6.45) is 1.50. The average Bonchev–Trinajstić information content (AvgIpc) is 3.06. The molecule has 122 valence electrons. The quantitative estimate of drug-likeness (QED) is 0.801. The predicted molar refractivity (Wildman–Crippen MR) is 90.0 cm³/mol. The molecule has 0 spiro atoms. The Hall–Kier alpha value is -3.22. The van der Waals surface area contributed by atoms with Crippen molar-refractivity contribution in [3.8, 4) is 5.69 Å². The van der Waals surface area contributed by atoms with Gasteiger partial charge in [-0.15, -0.1) is 5.10 Å². The van der Waals surface area contributed by atoms with Gasteiger partial charge in [0.25, 0.3) is 5.91 Å².